The molecular formula is C17H19IN2O. The van der Waals surface area contributed by atoms with E-state index in [0.717, 1.165) is 15.8 Å². The Bertz CT molecular complexity index is 610. The van der Waals surface area contributed by atoms with Crippen molar-refractivity contribution < 1.29 is 4.79 Å². The van der Waals surface area contributed by atoms with Gasteiger partial charge in [-0.1, -0.05) is 23.8 Å². The van der Waals surface area contributed by atoms with Gasteiger partial charge in [0.2, 0.25) is 0 Å². The van der Waals surface area contributed by atoms with Gasteiger partial charge in [-0.05, 0) is 59.8 Å². The lowest BCUT2D eigenvalue weighted by atomic mass is 10.2. The lowest BCUT2D eigenvalue weighted by Crippen LogP contribution is -2.33. The molecule has 0 saturated heterocycles. The highest BCUT2D eigenvalue weighted by Gasteiger charge is 2.06. The molecule has 0 saturated carbocycles. The summed E-state index contributed by atoms with van der Waals surface area (Å²) in [7, 11) is 2.03. The highest BCUT2D eigenvalue weighted by atomic mass is 127. The molecule has 0 unspecified atom stereocenters. The molecule has 0 aliphatic heterocycles. The summed E-state index contributed by atoms with van der Waals surface area (Å²) in [5.41, 5.74) is 3.11. The quantitative estimate of drug-likeness (QED) is 0.788. The Balaban J connectivity index is 1.83. The predicted molar refractivity (Wildman–Crippen MR) is 95.9 cm³/mol. The maximum absolute atomic E-state index is 12.0. The summed E-state index contributed by atoms with van der Waals surface area (Å²) >= 11 is 2.21. The molecule has 21 heavy (non-hydrogen) atoms. The van der Waals surface area contributed by atoms with Crippen molar-refractivity contribution in [1.82, 2.24) is 5.32 Å². The monoisotopic (exact) mass is 394 g/mol. The normalized spacial score (nSPS) is 10.2. The van der Waals surface area contributed by atoms with E-state index in [4.69, 9.17) is 0 Å². The first-order valence-electron chi connectivity index (χ1n) is 6.88. The smallest absolute Gasteiger partial charge is 0.251 e. The van der Waals surface area contributed by atoms with E-state index in [1.807, 2.05) is 31.3 Å². The van der Waals surface area contributed by atoms with Gasteiger partial charge in [0, 0.05) is 35.0 Å². The Morgan fingerprint density at radius 3 is 2.57 bits per heavy atom. The number of carbonyl (C=O) groups excluding carboxylic acids is 1. The second-order valence-electron chi connectivity index (χ2n) is 5.02. The molecule has 0 bridgehead atoms. The third-order valence-electron chi connectivity index (χ3n) is 3.29. The molecule has 2 rings (SSSR count). The first-order valence-corrected chi connectivity index (χ1v) is 7.96. The fraction of sp³-hybridized carbons (Fsp3) is 0.235. The van der Waals surface area contributed by atoms with Gasteiger partial charge in [-0.15, -0.1) is 0 Å². The highest BCUT2D eigenvalue weighted by molar-refractivity contribution is 14.1. The van der Waals surface area contributed by atoms with E-state index in [-0.39, 0.29) is 5.91 Å². The molecule has 2 aromatic carbocycles. The van der Waals surface area contributed by atoms with Crippen LogP contribution in [0.2, 0.25) is 0 Å². The Labute approximate surface area is 139 Å². The number of halogens is 1. The van der Waals surface area contributed by atoms with E-state index in [2.05, 4.69) is 64.0 Å². The number of rotatable bonds is 5. The molecule has 0 radical (unpaired) electrons. The number of carbonyl (C=O) groups is 1. The Kier molecular flexibility index (Phi) is 5.61. The molecule has 0 fully saturated rings. The lowest BCUT2D eigenvalue weighted by Gasteiger charge is -2.19. The van der Waals surface area contributed by atoms with Crippen LogP contribution < -0.4 is 10.2 Å². The minimum atomic E-state index is -0.0224. The summed E-state index contributed by atoms with van der Waals surface area (Å²) in [4.78, 5) is 14.2. The van der Waals surface area contributed by atoms with Crippen LogP contribution in [0.25, 0.3) is 0 Å². The van der Waals surface area contributed by atoms with Crippen LogP contribution in [-0.2, 0) is 0 Å². The lowest BCUT2D eigenvalue weighted by molar-refractivity contribution is 0.0954. The van der Waals surface area contributed by atoms with E-state index in [1.54, 1.807) is 0 Å². The summed E-state index contributed by atoms with van der Waals surface area (Å²) in [6, 6.07) is 16.0. The first kappa shape index (κ1) is 15.8. The molecule has 110 valence electrons. The van der Waals surface area contributed by atoms with Crippen LogP contribution in [0.5, 0.6) is 0 Å². The van der Waals surface area contributed by atoms with Crippen LogP contribution >= 0.6 is 22.6 Å². The number of benzene rings is 2. The van der Waals surface area contributed by atoms with Gasteiger partial charge in [0.05, 0.1) is 0 Å². The second-order valence-corrected chi connectivity index (χ2v) is 6.27. The minimum absolute atomic E-state index is 0.0224. The molecule has 0 atom stereocenters. The van der Waals surface area contributed by atoms with E-state index in [9.17, 15) is 4.79 Å². The summed E-state index contributed by atoms with van der Waals surface area (Å²) < 4.78 is 1.07. The van der Waals surface area contributed by atoms with Crippen LogP contribution in [0.4, 0.5) is 5.69 Å². The molecule has 0 heterocycles. The SMILES string of the molecule is Cc1ccc(N(C)CCNC(=O)c2cccc(I)c2)cc1. The van der Waals surface area contributed by atoms with Gasteiger partial charge in [-0.25, -0.2) is 0 Å². The molecule has 0 aromatic heterocycles. The number of hydrogen-bond acceptors (Lipinski definition) is 2. The number of hydrogen-bond donors (Lipinski definition) is 1. The fourth-order valence-corrected chi connectivity index (χ4v) is 2.54. The van der Waals surface area contributed by atoms with Crippen LogP contribution in [0.1, 0.15) is 15.9 Å². The van der Waals surface area contributed by atoms with Crippen molar-refractivity contribution in [3.05, 3.63) is 63.2 Å². The van der Waals surface area contributed by atoms with Crippen LogP contribution in [-0.4, -0.2) is 26.0 Å². The summed E-state index contributed by atoms with van der Waals surface area (Å²) in [5.74, 6) is -0.0224. The predicted octanol–water partition coefficient (Wildman–Crippen LogP) is 3.47. The third kappa shape index (κ3) is 4.74. The molecule has 2 aromatic rings. The third-order valence-corrected chi connectivity index (χ3v) is 3.97. The van der Waals surface area contributed by atoms with Crippen molar-refractivity contribution in [3.63, 3.8) is 0 Å². The molecule has 0 aliphatic carbocycles. The molecule has 4 heteroatoms. The zero-order chi connectivity index (χ0) is 15.2. The number of aryl methyl sites for hydroxylation is 1. The second kappa shape index (κ2) is 7.45. The molecule has 0 aliphatic rings. The van der Waals surface area contributed by atoms with E-state index in [0.29, 0.717) is 12.1 Å². The van der Waals surface area contributed by atoms with Crippen LogP contribution in [0, 0.1) is 10.5 Å². The van der Waals surface area contributed by atoms with Gasteiger partial charge in [0.15, 0.2) is 0 Å². The van der Waals surface area contributed by atoms with Crippen molar-refractivity contribution >= 4 is 34.2 Å². The Morgan fingerprint density at radius 2 is 1.90 bits per heavy atom. The first-order chi connectivity index (χ1) is 10.1. The van der Waals surface area contributed by atoms with E-state index in [1.165, 1.54) is 5.56 Å². The maximum Gasteiger partial charge on any atom is 0.251 e. The van der Waals surface area contributed by atoms with Gasteiger partial charge in [0.25, 0.3) is 5.91 Å². The van der Waals surface area contributed by atoms with Crippen molar-refractivity contribution in [2.45, 2.75) is 6.92 Å². The number of likely N-dealkylation sites (N-methyl/N-ethyl adjacent to an activating group) is 1. The number of anilines is 1. The molecule has 1 N–H and O–H groups in total. The molecule has 3 nitrogen and oxygen atoms in total. The fourth-order valence-electron chi connectivity index (χ4n) is 2.00. The highest BCUT2D eigenvalue weighted by Crippen LogP contribution is 2.12. The van der Waals surface area contributed by atoms with Crippen molar-refractivity contribution in [2.75, 3.05) is 25.0 Å². The number of nitrogens with zero attached hydrogens (tertiary/aromatic N) is 1. The van der Waals surface area contributed by atoms with E-state index >= 15 is 0 Å². The van der Waals surface area contributed by atoms with Gasteiger partial charge in [-0.2, -0.15) is 0 Å². The van der Waals surface area contributed by atoms with Gasteiger partial charge in [0.1, 0.15) is 0 Å². The van der Waals surface area contributed by atoms with E-state index < -0.39 is 0 Å². The van der Waals surface area contributed by atoms with Crippen molar-refractivity contribution in [3.8, 4) is 0 Å². The standard InChI is InChI=1S/C17H19IN2O/c1-13-6-8-16(9-7-13)20(2)11-10-19-17(21)14-4-3-5-15(18)12-14/h3-9,12H,10-11H2,1-2H3,(H,19,21). The van der Waals surface area contributed by atoms with Crippen molar-refractivity contribution in [1.29, 1.82) is 0 Å². The van der Waals surface area contributed by atoms with Crippen molar-refractivity contribution in [2.24, 2.45) is 0 Å². The van der Waals surface area contributed by atoms with Gasteiger partial charge >= 0.3 is 0 Å². The Morgan fingerprint density at radius 1 is 1.19 bits per heavy atom. The molecule has 0 spiro atoms. The van der Waals surface area contributed by atoms with Crippen LogP contribution in [0.3, 0.4) is 0 Å². The maximum atomic E-state index is 12.0. The molecular weight excluding hydrogens is 375 g/mol. The zero-order valence-corrected chi connectivity index (χ0v) is 14.4. The summed E-state index contributed by atoms with van der Waals surface area (Å²) in [6.07, 6.45) is 0. The number of amides is 1. The Hall–Kier alpha value is -1.56. The number of nitrogens with one attached hydrogen (secondary N) is 1. The van der Waals surface area contributed by atoms with Gasteiger partial charge in [-0.3, -0.25) is 4.79 Å². The average Bonchev–Trinajstić information content (AvgIpc) is 2.47. The summed E-state index contributed by atoms with van der Waals surface area (Å²) in [5, 5.41) is 2.95. The zero-order valence-electron chi connectivity index (χ0n) is 12.3. The topological polar surface area (TPSA) is 32.3 Å². The average molecular weight is 394 g/mol. The van der Waals surface area contributed by atoms with Crippen LogP contribution in [0.15, 0.2) is 48.5 Å². The minimum Gasteiger partial charge on any atom is -0.373 e. The van der Waals surface area contributed by atoms with Gasteiger partial charge < -0.3 is 10.2 Å². The molecule has 1 amide bonds. The summed E-state index contributed by atoms with van der Waals surface area (Å²) in [6.45, 7) is 3.47. The largest absolute Gasteiger partial charge is 0.373 e.